The van der Waals surface area contributed by atoms with E-state index in [2.05, 4.69) is 9.71 Å². The Morgan fingerprint density at radius 3 is 2.52 bits per heavy atom. The molecule has 0 spiro atoms. The molecule has 0 aliphatic rings. The Hall–Kier alpha value is -2.83. The van der Waals surface area contributed by atoms with Crippen molar-refractivity contribution in [1.29, 1.82) is 0 Å². The molecule has 5 nitrogen and oxygen atoms in total. The molecular weight excluding hydrogens is 382 g/mol. The van der Waals surface area contributed by atoms with E-state index in [1.54, 1.807) is 18.2 Å². The maximum absolute atomic E-state index is 12.6. The summed E-state index contributed by atoms with van der Waals surface area (Å²) in [6, 6.07) is 17.6. The number of imidazole rings is 1. The number of pyridine rings is 1. The lowest BCUT2D eigenvalue weighted by Gasteiger charge is -2.09. The van der Waals surface area contributed by atoms with Crippen molar-refractivity contribution in [3.05, 3.63) is 83.6 Å². The predicted octanol–water partition coefficient (Wildman–Crippen LogP) is 4.76. The second-order valence-electron chi connectivity index (χ2n) is 6.19. The van der Waals surface area contributed by atoms with Gasteiger partial charge in [0.1, 0.15) is 5.65 Å². The molecule has 0 bridgehead atoms. The highest BCUT2D eigenvalue weighted by Gasteiger charge is 2.15. The van der Waals surface area contributed by atoms with Crippen LogP contribution in [0.3, 0.4) is 0 Å². The van der Waals surface area contributed by atoms with Gasteiger partial charge in [-0.05, 0) is 48.9 Å². The van der Waals surface area contributed by atoms with Crippen LogP contribution in [-0.4, -0.2) is 17.8 Å². The maximum Gasteiger partial charge on any atom is 0.261 e. The molecule has 0 atom stereocenters. The molecule has 2 aromatic carbocycles. The van der Waals surface area contributed by atoms with Crippen molar-refractivity contribution >= 4 is 33.0 Å². The molecular formula is C20H16ClN3O2S. The van der Waals surface area contributed by atoms with Gasteiger partial charge >= 0.3 is 0 Å². The van der Waals surface area contributed by atoms with Crippen LogP contribution in [0.4, 0.5) is 5.69 Å². The number of anilines is 1. The van der Waals surface area contributed by atoms with Gasteiger partial charge in [-0.3, -0.25) is 4.72 Å². The topological polar surface area (TPSA) is 63.5 Å². The number of nitrogens with zero attached hydrogens (tertiary/aromatic N) is 2. The fourth-order valence-corrected chi connectivity index (χ4v) is 4.07. The molecule has 0 fully saturated rings. The Morgan fingerprint density at radius 1 is 1.04 bits per heavy atom. The summed E-state index contributed by atoms with van der Waals surface area (Å²) >= 11 is 6.04. The summed E-state index contributed by atoms with van der Waals surface area (Å²) in [7, 11) is -3.70. The second kappa shape index (κ2) is 6.72. The number of nitrogens with one attached hydrogen (secondary N) is 1. The highest BCUT2D eigenvalue weighted by Crippen LogP contribution is 2.24. The van der Waals surface area contributed by atoms with Crippen molar-refractivity contribution in [1.82, 2.24) is 9.38 Å². The molecule has 2 aromatic heterocycles. The molecule has 0 saturated carbocycles. The minimum absolute atomic E-state index is 0.127. The van der Waals surface area contributed by atoms with Crippen molar-refractivity contribution in [3.8, 4) is 11.3 Å². The van der Waals surface area contributed by atoms with Gasteiger partial charge in [0.2, 0.25) is 0 Å². The fourth-order valence-electron chi connectivity index (χ4n) is 2.74. The number of fused-ring (bicyclic) bond motifs is 1. The molecule has 0 unspecified atom stereocenters. The molecule has 0 radical (unpaired) electrons. The van der Waals surface area contributed by atoms with Crippen LogP contribution < -0.4 is 4.72 Å². The summed E-state index contributed by atoms with van der Waals surface area (Å²) < 4.78 is 29.6. The van der Waals surface area contributed by atoms with Crippen LogP contribution in [0, 0.1) is 6.92 Å². The number of hydrogen-bond acceptors (Lipinski definition) is 3. The van der Waals surface area contributed by atoms with Gasteiger partial charge in [-0.1, -0.05) is 35.9 Å². The largest absolute Gasteiger partial charge is 0.306 e. The van der Waals surface area contributed by atoms with Crippen molar-refractivity contribution < 1.29 is 8.42 Å². The van der Waals surface area contributed by atoms with Gasteiger partial charge in [0.25, 0.3) is 10.0 Å². The van der Waals surface area contributed by atoms with E-state index in [-0.39, 0.29) is 4.90 Å². The molecule has 0 amide bonds. The van der Waals surface area contributed by atoms with Crippen LogP contribution in [-0.2, 0) is 10.0 Å². The van der Waals surface area contributed by atoms with E-state index in [0.717, 1.165) is 22.5 Å². The highest BCUT2D eigenvalue weighted by molar-refractivity contribution is 7.92. The summed E-state index contributed by atoms with van der Waals surface area (Å²) in [5.74, 6) is 0. The van der Waals surface area contributed by atoms with Gasteiger partial charge < -0.3 is 4.40 Å². The number of aryl methyl sites for hydroxylation is 1. The van der Waals surface area contributed by atoms with Gasteiger partial charge in [-0.25, -0.2) is 13.4 Å². The lowest BCUT2D eigenvalue weighted by Crippen LogP contribution is -2.12. The maximum atomic E-state index is 12.6. The molecule has 4 rings (SSSR count). The number of aromatic nitrogens is 2. The predicted molar refractivity (Wildman–Crippen MR) is 108 cm³/mol. The van der Waals surface area contributed by atoms with E-state index in [0.29, 0.717) is 10.7 Å². The van der Waals surface area contributed by atoms with E-state index in [1.165, 1.54) is 12.1 Å². The van der Waals surface area contributed by atoms with Gasteiger partial charge in [-0.15, -0.1) is 0 Å². The Kier molecular flexibility index (Phi) is 4.37. The molecule has 0 aliphatic carbocycles. The van der Waals surface area contributed by atoms with Crippen molar-refractivity contribution in [2.75, 3.05) is 4.72 Å². The zero-order valence-electron chi connectivity index (χ0n) is 14.4. The van der Waals surface area contributed by atoms with E-state index >= 15 is 0 Å². The zero-order valence-corrected chi connectivity index (χ0v) is 16.0. The Labute approximate surface area is 162 Å². The van der Waals surface area contributed by atoms with Gasteiger partial charge in [0, 0.05) is 28.7 Å². The molecule has 0 saturated heterocycles. The minimum atomic E-state index is -3.70. The summed E-state index contributed by atoms with van der Waals surface area (Å²) in [6.07, 6.45) is 3.86. The van der Waals surface area contributed by atoms with E-state index in [4.69, 9.17) is 11.6 Å². The Morgan fingerprint density at radius 2 is 1.81 bits per heavy atom. The summed E-state index contributed by atoms with van der Waals surface area (Å²) in [5, 5.41) is 0.417. The molecule has 4 aromatic rings. The number of sulfonamides is 1. The quantitative estimate of drug-likeness (QED) is 0.539. The average molecular weight is 398 g/mol. The van der Waals surface area contributed by atoms with Gasteiger partial charge in [-0.2, -0.15) is 0 Å². The average Bonchev–Trinajstić information content (AvgIpc) is 3.08. The van der Waals surface area contributed by atoms with Crippen LogP contribution in [0.15, 0.2) is 78.0 Å². The third-order valence-corrected chi connectivity index (χ3v) is 6.04. The molecule has 136 valence electrons. The van der Waals surface area contributed by atoms with E-state index in [1.807, 2.05) is 54.0 Å². The smallest absolute Gasteiger partial charge is 0.261 e. The van der Waals surface area contributed by atoms with E-state index in [9.17, 15) is 8.42 Å². The van der Waals surface area contributed by atoms with E-state index < -0.39 is 10.0 Å². The number of benzene rings is 2. The first-order valence-electron chi connectivity index (χ1n) is 8.25. The van der Waals surface area contributed by atoms with Crippen LogP contribution in [0.25, 0.3) is 16.9 Å². The zero-order chi connectivity index (χ0) is 19.0. The van der Waals surface area contributed by atoms with Crippen molar-refractivity contribution in [2.45, 2.75) is 11.8 Å². The number of rotatable bonds is 4. The van der Waals surface area contributed by atoms with Crippen LogP contribution in [0.5, 0.6) is 0 Å². The van der Waals surface area contributed by atoms with Crippen LogP contribution >= 0.6 is 11.6 Å². The van der Waals surface area contributed by atoms with Crippen molar-refractivity contribution in [3.63, 3.8) is 0 Å². The Balaban J connectivity index is 1.59. The molecule has 27 heavy (non-hydrogen) atoms. The lowest BCUT2D eigenvalue weighted by atomic mass is 10.1. The number of halogens is 1. The summed E-state index contributed by atoms with van der Waals surface area (Å²) in [5.41, 5.74) is 3.88. The molecule has 1 N–H and O–H groups in total. The van der Waals surface area contributed by atoms with Crippen LogP contribution in [0.2, 0.25) is 5.02 Å². The highest BCUT2D eigenvalue weighted by atomic mass is 35.5. The van der Waals surface area contributed by atoms with Crippen LogP contribution in [0.1, 0.15) is 5.56 Å². The summed E-state index contributed by atoms with van der Waals surface area (Å²) in [4.78, 5) is 4.69. The lowest BCUT2D eigenvalue weighted by molar-refractivity contribution is 0.601. The number of hydrogen-bond donors (Lipinski definition) is 1. The SMILES string of the molecule is Cc1ccc(S(=O)(=O)Nc2ccc(-c3cn4ccccc4n3)cc2)cc1Cl. The third kappa shape index (κ3) is 3.54. The standard InChI is InChI=1S/C20H16ClN3O2S/c1-14-5-10-17(12-18(14)21)27(25,26)23-16-8-6-15(7-9-16)19-13-24-11-3-2-4-20(24)22-19/h2-13,23H,1H3. The summed E-state index contributed by atoms with van der Waals surface area (Å²) in [6.45, 7) is 1.82. The monoisotopic (exact) mass is 397 g/mol. The normalized spacial score (nSPS) is 11.6. The van der Waals surface area contributed by atoms with Gasteiger partial charge in [0.05, 0.1) is 10.6 Å². The first kappa shape index (κ1) is 17.6. The molecule has 0 aliphatic heterocycles. The minimum Gasteiger partial charge on any atom is -0.306 e. The fraction of sp³-hybridized carbons (Fsp3) is 0.0500. The molecule has 7 heteroatoms. The first-order valence-corrected chi connectivity index (χ1v) is 10.1. The third-order valence-electron chi connectivity index (χ3n) is 4.25. The van der Waals surface area contributed by atoms with Crippen molar-refractivity contribution in [2.24, 2.45) is 0 Å². The second-order valence-corrected chi connectivity index (χ2v) is 8.28. The molecule has 2 heterocycles. The Bertz CT molecular complexity index is 1200. The first-order chi connectivity index (χ1) is 12.9. The van der Waals surface area contributed by atoms with Gasteiger partial charge in [0.15, 0.2) is 0 Å².